The largest absolute Gasteiger partial charge is 0.311 e. The molecule has 0 saturated carbocycles. The van der Waals surface area contributed by atoms with E-state index < -0.39 is 0 Å². The third-order valence-electron chi connectivity index (χ3n) is 11.3. The Balaban J connectivity index is 1.02. The Labute approximate surface area is 329 Å². The summed E-state index contributed by atoms with van der Waals surface area (Å²) in [6.45, 7) is 6.35. The third-order valence-corrected chi connectivity index (χ3v) is 11.3. The lowest BCUT2D eigenvalue weighted by atomic mass is 9.33. The second-order valence-corrected chi connectivity index (χ2v) is 14.5. The number of benzene rings is 7. The van der Waals surface area contributed by atoms with E-state index >= 15 is 0 Å². The van der Waals surface area contributed by atoms with Gasteiger partial charge in [-0.25, -0.2) is 9.97 Å². The van der Waals surface area contributed by atoms with E-state index in [1.807, 2.05) is 12.1 Å². The first-order valence-corrected chi connectivity index (χ1v) is 19.4. The first kappa shape index (κ1) is 33.6. The molecule has 0 N–H and O–H groups in total. The first-order valence-electron chi connectivity index (χ1n) is 19.4. The maximum absolute atomic E-state index is 5.04. The van der Waals surface area contributed by atoms with Crippen molar-refractivity contribution in [3.05, 3.63) is 200 Å². The lowest BCUT2D eigenvalue weighted by Crippen LogP contribution is -2.61. The number of para-hydroxylation sites is 3. The standard InChI is InChI=1S/C51H39BN4/c1-3-35(4-2)51-53-44(38-16-7-5-8-17-38)34-45(54-51)39-28-26-36(27-29-39)37-30-32-41(33-31-37)56-47-23-14-12-21-43(47)52-42-20-11-13-22-46(42)55(40-18-9-6-10-19-40)48-24-15-25-49(56)50(48)52/h3,5-35H,1,4H2,2H3. The van der Waals surface area contributed by atoms with Crippen molar-refractivity contribution >= 4 is 57.2 Å². The fourth-order valence-electron chi connectivity index (χ4n) is 8.60. The van der Waals surface area contributed by atoms with Gasteiger partial charge in [0.1, 0.15) is 5.82 Å². The van der Waals surface area contributed by atoms with Gasteiger partial charge in [0, 0.05) is 51.2 Å². The summed E-state index contributed by atoms with van der Waals surface area (Å²) in [6.07, 6.45) is 2.85. The van der Waals surface area contributed by atoms with Gasteiger partial charge in [-0.1, -0.05) is 140 Å². The van der Waals surface area contributed by atoms with Crippen LogP contribution in [0.1, 0.15) is 25.1 Å². The van der Waals surface area contributed by atoms with Gasteiger partial charge in [-0.3, -0.25) is 0 Å². The van der Waals surface area contributed by atoms with Crippen LogP contribution in [-0.4, -0.2) is 16.7 Å². The molecule has 3 heterocycles. The van der Waals surface area contributed by atoms with Crippen LogP contribution in [0.3, 0.4) is 0 Å². The second kappa shape index (κ2) is 14.0. The van der Waals surface area contributed by atoms with Crippen LogP contribution in [0.25, 0.3) is 33.6 Å². The van der Waals surface area contributed by atoms with E-state index in [0.29, 0.717) is 0 Å². The van der Waals surface area contributed by atoms with Crippen LogP contribution in [0.5, 0.6) is 0 Å². The molecule has 0 spiro atoms. The van der Waals surface area contributed by atoms with Gasteiger partial charge in [-0.2, -0.15) is 0 Å². The van der Waals surface area contributed by atoms with Gasteiger partial charge in [0.15, 0.2) is 0 Å². The molecule has 0 amide bonds. The summed E-state index contributed by atoms with van der Waals surface area (Å²) >= 11 is 0. The monoisotopic (exact) mass is 718 g/mol. The molecule has 4 nitrogen and oxygen atoms in total. The summed E-state index contributed by atoms with van der Waals surface area (Å²) in [7, 11) is 0. The average molecular weight is 719 g/mol. The highest BCUT2D eigenvalue weighted by Crippen LogP contribution is 2.44. The molecule has 2 aliphatic rings. The summed E-state index contributed by atoms with van der Waals surface area (Å²) in [5, 5.41) is 0. The highest BCUT2D eigenvalue weighted by molar-refractivity contribution is 7.00. The van der Waals surface area contributed by atoms with Crippen molar-refractivity contribution in [2.24, 2.45) is 0 Å². The molecule has 266 valence electrons. The highest BCUT2D eigenvalue weighted by Gasteiger charge is 2.42. The normalized spacial score (nSPS) is 13.1. The fourth-order valence-corrected chi connectivity index (χ4v) is 8.60. The molecular formula is C51H39BN4. The SMILES string of the molecule is C=CC(CC)c1nc(-c2ccccc2)cc(-c2ccc(-c3ccc(N4c5ccccc5B5c6ccccc6N(c6ccccc6)c6cccc4c65)cc3)cc2)n1. The van der Waals surface area contributed by atoms with Crippen molar-refractivity contribution in [3.63, 3.8) is 0 Å². The predicted molar refractivity (Wildman–Crippen MR) is 236 cm³/mol. The molecule has 7 aromatic carbocycles. The van der Waals surface area contributed by atoms with Crippen molar-refractivity contribution in [2.75, 3.05) is 9.80 Å². The van der Waals surface area contributed by atoms with Crippen LogP contribution in [0.2, 0.25) is 0 Å². The number of fused-ring (bicyclic) bond motifs is 4. The highest BCUT2D eigenvalue weighted by atomic mass is 15.2. The van der Waals surface area contributed by atoms with E-state index in [1.165, 1.54) is 39.1 Å². The number of hydrogen-bond donors (Lipinski definition) is 0. The Morgan fingerprint density at radius 1 is 0.500 bits per heavy atom. The second-order valence-electron chi connectivity index (χ2n) is 14.5. The van der Waals surface area contributed by atoms with Gasteiger partial charge >= 0.3 is 0 Å². The molecule has 0 radical (unpaired) electrons. The quantitative estimate of drug-likeness (QED) is 0.116. The van der Waals surface area contributed by atoms with Crippen LogP contribution in [0.15, 0.2) is 195 Å². The van der Waals surface area contributed by atoms with Gasteiger partial charge in [0.25, 0.3) is 6.71 Å². The molecule has 56 heavy (non-hydrogen) atoms. The van der Waals surface area contributed by atoms with E-state index in [9.17, 15) is 0 Å². The van der Waals surface area contributed by atoms with E-state index in [4.69, 9.17) is 9.97 Å². The molecule has 1 aromatic heterocycles. The van der Waals surface area contributed by atoms with E-state index in [1.54, 1.807) is 0 Å². The van der Waals surface area contributed by atoms with E-state index in [-0.39, 0.29) is 12.6 Å². The molecule has 0 fully saturated rings. The zero-order valence-corrected chi connectivity index (χ0v) is 31.3. The lowest BCUT2D eigenvalue weighted by Gasteiger charge is -2.44. The predicted octanol–water partition coefficient (Wildman–Crippen LogP) is 11.2. The molecule has 8 aromatic rings. The van der Waals surface area contributed by atoms with Crippen LogP contribution in [-0.2, 0) is 0 Å². The molecule has 0 bridgehead atoms. The summed E-state index contributed by atoms with van der Waals surface area (Å²) in [5.41, 5.74) is 17.4. The van der Waals surface area contributed by atoms with Gasteiger partial charge < -0.3 is 9.80 Å². The average Bonchev–Trinajstić information content (AvgIpc) is 3.27. The van der Waals surface area contributed by atoms with Crippen LogP contribution in [0, 0.1) is 0 Å². The summed E-state index contributed by atoms with van der Waals surface area (Å²) in [6, 6.07) is 65.5. The molecular weight excluding hydrogens is 679 g/mol. The Bertz CT molecular complexity index is 2710. The maximum Gasteiger partial charge on any atom is 0.252 e. The Morgan fingerprint density at radius 2 is 0.946 bits per heavy atom. The Hall–Kier alpha value is -6.98. The van der Waals surface area contributed by atoms with Crippen LogP contribution < -0.4 is 26.2 Å². The number of allylic oxidation sites excluding steroid dienone is 1. The van der Waals surface area contributed by atoms with Crippen LogP contribution >= 0.6 is 0 Å². The van der Waals surface area contributed by atoms with E-state index in [0.717, 1.165) is 57.3 Å². The number of aromatic nitrogens is 2. The minimum Gasteiger partial charge on any atom is -0.311 e. The smallest absolute Gasteiger partial charge is 0.252 e. The topological polar surface area (TPSA) is 32.3 Å². The van der Waals surface area contributed by atoms with Crippen molar-refractivity contribution in [1.82, 2.24) is 9.97 Å². The minimum atomic E-state index is 0.0907. The third kappa shape index (κ3) is 5.63. The molecule has 1 unspecified atom stereocenters. The molecule has 10 rings (SSSR count). The van der Waals surface area contributed by atoms with Crippen molar-refractivity contribution in [2.45, 2.75) is 19.3 Å². The number of rotatable bonds is 8. The molecule has 0 saturated heterocycles. The van der Waals surface area contributed by atoms with E-state index in [2.05, 4.69) is 199 Å². The van der Waals surface area contributed by atoms with Crippen LogP contribution in [0.4, 0.5) is 34.1 Å². The van der Waals surface area contributed by atoms with Gasteiger partial charge in [0.2, 0.25) is 0 Å². The summed E-state index contributed by atoms with van der Waals surface area (Å²) < 4.78 is 0. The molecule has 0 aliphatic carbocycles. The van der Waals surface area contributed by atoms with Crippen molar-refractivity contribution in [1.29, 1.82) is 0 Å². The summed E-state index contributed by atoms with van der Waals surface area (Å²) in [5.74, 6) is 0.897. The summed E-state index contributed by atoms with van der Waals surface area (Å²) in [4.78, 5) is 14.9. The van der Waals surface area contributed by atoms with Crippen molar-refractivity contribution in [3.8, 4) is 33.6 Å². The van der Waals surface area contributed by atoms with Gasteiger partial charge in [-0.15, -0.1) is 6.58 Å². The first-order chi connectivity index (χ1) is 27.7. The van der Waals surface area contributed by atoms with Gasteiger partial charge in [-0.05, 0) is 88.5 Å². The maximum atomic E-state index is 5.04. The Morgan fingerprint density at radius 3 is 1.50 bits per heavy atom. The number of nitrogens with zero attached hydrogens (tertiary/aromatic N) is 4. The lowest BCUT2D eigenvalue weighted by molar-refractivity contribution is 0.743. The molecule has 1 atom stereocenters. The number of anilines is 6. The minimum absolute atomic E-state index is 0.0907. The Kier molecular flexibility index (Phi) is 8.41. The zero-order chi connectivity index (χ0) is 37.6. The molecule has 2 aliphatic heterocycles. The van der Waals surface area contributed by atoms with Gasteiger partial charge in [0.05, 0.1) is 11.4 Å². The zero-order valence-electron chi connectivity index (χ0n) is 31.3. The van der Waals surface area contributed by atoms with Crippen molar-refractivity contribution < 1.29 is 0 Å². The molecule has 5 heteroatoms. The fraction of sp³-hybridized carbons (Fsp3) is 0.0588. The number of hydrogen-bond acceptors (Lipinski definition) is 4.